The van der Waals surface area contributed by atoms with Gasteiger partial charge in [-0.3, -0.25) is 4.79 Å². The van der Waals surface area contributed by atoms with Crippen LogP contribution in [0, 0.1) is 5.82 Å². The predicted octanol–water partition coefficient (Wildman–Crippen LogP) is 2.19. The van der Waals surface area contributed by atoms with E-state index in [9.17, 15) is 14.3 Å². The fourth-order valence-corrected chi connectivity index (χ4v) is 3.29. The molecule has 2 aromatic rings. The molecule has 0 bridgehead atoms. The Labute approximate surface area is 157 Å². The van der Waals surface area contributed by atoms with E-state index in [4.69, 9.17) is 0 Å². The normalized spacial score (nSPS) is 19.3. The Morgan fingerprint density at radius 3 is 2.81 bits per heavy atom. The summed E-state index contributed by atoms with van der Waals surface area (Å²) in [5.74, 6) is 0.524. The first-order valence-electron chi connectivity index (χ1n) is 9.31. The fraction of sp³-hybridized carbons (Fsp3) is 0.400. The van der Waals surface area contributed by atoms with Crippen LogP contribution in [0.3, 0.4) is 0 Å². The van der Waals surface area contributed by atoms with Crippen molar-refractivity contribution in [1.29, 1.82) is 0 Å². The third kappa shape index (κ3) is 4.36. The number of aromatic hydroxyl groups is 1. The van der Waals surface area contributed by atoms with Gasteiger partial charge in [0.1, 0.15) is 17.4 Å². The smallest absolute Gasteiger partial charge is 0.253 e. The molecular weight excluding hydrogens is 347 g/mol. The van der Waals surface area contributed by atoms with Crippen molar-refractivity contribution in [1.82, 2.24) is 15.6 Å². The lowest BCUT2D eigenvalue weighted by molar-refractivity contribution is 0.0950. The van der Waals surface area contributed by atoms with Crippen LogP contribution >= 0.6 is 0 Å². The molecule has 0 radical (unpaired) electrons. The average molecular weight is 370 g/mol. The number of hydrogen-bond acceptors (Lipinski definition) is 5. The van der Waals surface area contributed by atoms with Gasteiger partial charge in [-0.15, -0.1) is 0 Å². The van der Waals surface area contributed by atoms with E-state index in [1.54, 1.807) is 6.20 Å². The van der Waals surface area contributed by atoms with Gasteiger partial charge in [-0.05, 0) is 49.6 Å². The molecule has 1 aromatic carbocycles. The Kier molecular flexibility index (Phi) is 4.94. The van der Waals surface area contributed by atoms with Crippen LogP contribution in [0.1, 0.15) is 35.2 Å². The second-order valence-electron chi connectivity index (χ2n) is 7.24. The van der Waals surface area contributed by atoms with Crippen LogP contribution in [0.4, 0.5) is 10.2 Å². The van der Waals surface area contributed by atoms with Crippen LogP contribution in [0.25, 0.3) is 0 Å². The molecule has 6 nitrogen and oxygen atoms in total. The number of anilines is 1. The highest BCUT2D eigenvalue weighted by Crippen LogP contribution is 2.22. The molecule has 7 heteroatoms. The van der Waals surface area contributed by atoms with Crippen molar-refractivity contribution in [3.05, 3.63) is 53.5 Å². The van der Waals surface area contributed by atoms with E-state index >= 15 is 0 Å². The molecule has 1 amide bonds. The summed E-state index contributed by atoms with van der Waals surface area (Å²) in [6, 6.07) is 8.22. The summed E-state index contributed by atoms with van der Waals surface area (Å²) in [5, 5.41) is 16.1. The van der Waals surface area contributed by atoms with Gasteiger partial charge >= 0.3 is 0 Å². The lowest BCUT2D eigenvalue weighted by atomic mass is 10.1. The molecule has 0 unspecified atom stereocenters. The summed E-state index contributed by atoms with van der Waals surface area (Å²) < 4.78 is 13.3. The number of carbonyl (C=O) groups excluding carboxylic acids is 1. The first-order chi connectivity index (χ1) is 13.1. The molecule has 27 heavy (non-hydrogen) atoms. The molecule has 3 N–H and O–H groups in total. The largest absolute Gasteiger partial charge is 0.508 e. The Balaban J connectivity index is 1.31. The van der Waals surface area contributed by atoms with Gasteiger partial charge in [0.05, 0.1) is 5.56 Å². The topological polar surface area (TPSA) is 77.5 Å². The van der Waals surface area contributed by atoms with Gasteiger partial charge in [0, 0.05) is 43.5 Å². The third-order valence-electron chi connectivity index (χ3n) is 5.06. The number of benzene rings is 1. The molecule has 2 heterocycles. The minimum atomic E-state index is -0.354. The maximum Gasteiger partial charge on any atom is 0.253 e. The SMILES string of the molecule is O=C(NC1CC1)c1ccc(N2CC[C@@H](NCc3cc(F)ccc3O)C2)nc1. The molecule has 1 saturated carbocycles. The Bertz CT molecular complexity index is 823. The van der Waals surface area contributed by atoms with Gasteiger partial charge in [0.25, 0.3) is 5.91 Å². The number of carbonyl (C=O) groups is 1. The van der Waals surface area contributed by atoms with Crippen molar-refractivity contribution < 1.29 is 14.3 Å². The highest BCUT2D eigenvalue weighted by molar-refractivity contribution is 5.94. The molecule has 0 spiro atoms. The first-order valence-corrected chi connectivity index (χ1v) is 9.31. The minimum Gasteiger partial charge on any atom is -0.508 e. The number of nitrogens with one attached hydrogen (secondary N) is 2. The summed E-state index contributed by atoms with van der Waals surface area (Å²) in [5.41, 5.74) is 1.14. The summed E-state index contributed by atoms with van der Waals surface area (Å²) >= 11 is 0. The number of nitrogens with zero attached hydrogens (tertiary/aromatic N) is 2. The van der Waals surface area contributed by atoms with Crippen molar-refractivity contribution in [2.45, 2.75) is 37.9 Å². The van der Waals surface area contributed by atoms with Crippen LogP contribution < -0.4 is 15.5 Å². The van der Waals surface area contributed by atoms with Crippen LogP contribution in [-0.4, -0.2) is 41.2 Å². The molecule has 2 fully saturated rings. The number of rotatable bonds is 6. The maximum absolute atomic E-state index is 13.3. The van der Waals surface area contributed by atoms with Gasteiger partial charge in [-0.2, -0.15) is 0 Å². The molecule has 1 aliphatic carbocycles. The summed E-state index contributed by atoms with van der Waals surface area (Å²) in [6.45, 7) is 2.04. The van der Waals surface area contributed by atoms with E-state index in [1.165, 1.54) is 18.2 Å². The van der Waals surface area contributed by atoms with E-state index in [2.05, 4.69) is 20.5 Å². The standard InChI is InChI=1S/C20H23FN4O2/c21-15-2-5-18(26)14(9-15)11-22-17-7-8-25(12-17)19-6-1-13(10-23-19)20(27)24-16-3-4-16/h1-2,5-6,9-10,16-17,22,26H,3-4,7-8,11-12H2,(H,24,27)/t17-/m1/s1. The fourth-order valence-electron chi connectivity index (χ4n) is 3.29. The number of amides is 1. The van der Waals surface area contributed by atoms with Crippen LogP contribution in [-0.2, 0) is 6.54 Å². The lowest BCUT2D eigenvalue weighted by Gasteiger charge is -2.18. The average Bonchev–Trinajstić information content (AvgIpc) is 3.36. The number of hydrogen-bond donors (Lipinski definition) is 3. The van der Waals surface area contributed by atoms with Crippen LogP contribution in [0.5, 0.6) is 5.75 Å². The van der Waals surface area contributed by atoms with Gasteiger partial charge in [-0.25, -0.2) is 9.37 Å². The Morgan fingerprint density at radius 2 is 2.07 bits per heavy atom. The number of pyridine rings is 1. The molecule has 1 saturated heterocycles. The van der Waals surface area contributed by atoms with Gasteiger partial charge in [0.15, 0.2) is 0 Å². The maximum atomic E-state index is 13.3. The molecule has 1 aromatic heterocycles. The van der Waals surface area contributed by atoms with Gasteiger partial charge in [0.2, 0.25) is 0 Å². The van der Waals surface area contributed by atoms with E-state index in [0.29, 0.717) is 23.7 Å². The molecule has 1 aliphatic heterocycles. The molecule has 4 rings (SSSR count). The first kappa shape index (κ1) is 17.7. The van der Waals surface area contributed by atoms with Crippen molar-refractivity contribution >= 4 is 11.7 Å². The second-order valence-corrected chi connectivity index (χ2v) is 7.24. The van der Waals surface area contributed by atoms with Crippen LogP contribution in [0.15, 0.2) is 36.5 Å². The Hall–Kier alpha value is -2.67. The summed E-state index contributed by atoms with van der Waals surface area (Å²) in [6.07, 6.45) is 4.68. The highest BCUT2D eigenvalue weighted by Gasteiger charge is 2.25. The zero-order valence-electron chi connectivity index (χ0n) is 15.0. The number of phenols is 1. The second kappa shape index (κ2) is 7.52. The molecule has 1 atom stereocenters. The summed E-state index contributed by atoms with van der Waals surface area (Å²) in [4.78, 5) is 18.6. The highest BCUT2D eigenvalue weighted by atomic mass is 19.1. The predicted molar refractivity (Wildman–Crippen MR) is 100 cm³/mol. The van der Waals surface area contributed by atoms with E-state index < -0.39 is 0 Å². The van der Waals surface area contributed by atoms with Crippen molar-refractivity contribution in [2.24, 2.45) is 0 Å². The quantitative estimate of drug-likeness (QED) is 0.727. The monoisotopic (exact) mass is 370 g/mol. The summed E-state index contributed by atoms with van der Waals surface area (Å²) in [7, 11) is 0. The van der Waals surface area contributed by atoms with Crippen molar-refractivity contribution in [2.75, 3.05) is 18.0 Å². The minimum absolute atomic E-state index is 0.0626. The zero-order valence-corrected chi connectivity index (χ0v) is 15.0. The van der Waals surface area contributed by atoms with E-state index in [-0.39, 0.29) is 23.5 Å². The van der Waals surface area contributed by atoms with Gasteiger partial charge < -0.3 is 20.6 Å². The number of halogens is 1. The molecular formula is C20H23FN4O2. The van der Waals surface area contributed by atoms with Crippen LogP contribution in [0.2, 0.25) is 0 Å². The zero-order chi connectivity index (χ0) is 18.8. The molecule has 142 valence electrons. The lowest BCUT2D eigenvalue weighted by Crippen LogP contribution is -2.32. The third-order valence-corrected chi connectivity index (χ3v) is 5.06. The number of phenolic OH excluding ortho intramolecular Hbond substituents is 1. The van der Waals surface area contributed by atoms with E-state index in [0.717, 1.165) is 38.2 Å². The number of aromatic nitrogens is 1. The molecule has 2 aliphatic rings. The van der Waals surface area contributed by atoms with Gasteiger partial charge in [-0.1, -0.05) is 0 Å². The Morgan fingerprint density at radius 1 is 1.22 bits per heavy atom. The van der Waals surface area contributed by atoms with Crippen molar-refractivity contribution in [3.63, 3.8) is 0 Å². The van der Waals surface area contributed by atoms with E-state index in [1.807, 2.05) is 12.1 Å². The van der Waals surface area contributed by atoms with Crippen molar-refractivity contribution in [3.8, 4) is 5.75 Å².